The van der Waals surface area contributed by atoms with Gasteiger partial charge in [0.25, 0.3) is 0 Å². The molecule has 0 spiro atoms. The highest BCUT2D eigenvalue weighted by Crippen LogP contribution is 2.21. The molecular weight excluding hydrogens is 274 g/mol. The summed E-state index contributed by atoms with van der Waals surface area (Å²) in [6, 6.07) is 1.29. The van der Waals surface area contributed by atoms with Gasteiger partial charge >= 0.3 is 9.53 Å². The summed E-state index contributed by atoms with van der Waals surface area (Å²) in [7, 11) is -1.73. The molecule has 122 valence electrons. The lowest BCUT2D eigenvalue weighted by Crippen LogP contribution is -2.31. The van der Waals surface area contributed by atoms with Crippen LogP contribution in [-0.4, -0.2) is 66.0 Å². The number of nitrogens with two attached hydrogens (primary N) is 2. The van der Waals surface area contributed by atoms with Crippen LogP contribution in [0.5, 0.6) is 0 Å². The molecule has 3 unspecified atom stereocenters. The summed E-state index contributed by atoms with van der Waals surface area (Å²) in [6.45, 7) is 12.8. The van der Waals surface area contributed by atoms with E-state index in [1.807, 2.05) is 20.8 Å². The van der Waals surface area contributed by atoms with Crippen LogP contribution in [0, 0.1) is 0 Å². The van der Waals surface area contributed by atoms with Gasteiger partial charge in [0, 0.05) is 45.0 Å². The van der Waals surface area contributed by atoms with Gasteiger partial charge in [-0.25, -0.2) is 0 Å². The SMILES string of the molecule is CC1CN1C(CN)CCN.CCO[SiH](OCC)OCC. The minimum atomic E-state index is -1.73. The first-order valence-electron chi connectivity index (χ1n) is 7.65. The van der Waals surface area contributed by atoms with Gasteiger partial charge in [-0.1, -0.05) is 0 Å². The molecule has 1 rings (SSSR count). The fourth-order valence-corrected chi connectivity index (χ4v) is 3.04. The molecule has 6 nitrogen and oxygen atoms in total. The lowest BCUT2D eigenvalue weighted by atomic mass is 10.2. The largest absolute Gasteiger partial charge is 0.484 e. The van der Waals surface area contributed by atoms with Crippen molar-refractivity contribution in [3.63, 3.8) is 0 Å². The molecule has 0 radical (unpaired) electrons. The Morgan fingerprint density at radius 2 is 1.55 bits per heavy atom. The second-order valence-electron chi connectivity index (χ2n) is 4.67. The second kappa shape index (κ2) is 12.7. The Morgan fingerprint density at radius 1 is 1.10 bits per heavy atom. The third-order valence-electron chi connectivity index (χ3n) is 3.06. The van der Waals surface area contributed by atoms with Crippen LogP contribution in [-0.2, 0) is 13.3 Å². The maximum atomic E-state index is 5.56. The quantitative estimate of drug-likeness (QED) is 0.442. The van der Waals surface area contributed by atoms with Crippen molar-refractivity contribution in [3.8, 4) is 0 Å². The fourth-order valence-electron chi connectivity index (χ4n) is 1.93. The van der Waals surface area contributed by atoms with E-state index in [4.69, 9.17) is 24.7 Å². The molecule has 0 amide bonds. The highest BCUT2D eigenvalue weighted by Gasteiger charge is 2.34. The van der Waals surface area contributed by atoms with Crippen LogP contribution >= 0.6 is 0 Å². The molecule has 1 fully saturated rings. The van der Waals surface area contributed by atoms with Crippen molar-refractivity contribution in [1.29, 1.82) is 0 Å². The third kappa shape index (κ3) is 9.01. The van der Waals surface area contributed by atoms with Crippen LogP contribution in [0.1, 0.15) is 34.1 Å². The summed E-state index contributed by atoms with van der Waals surface area (Å²) in [6.07, 6.45) is 1.04. The Kier molecular flexibility index (Phi) is 12.7. The van der Waals surface area contributed by atoms with Crippen LogP contribution in [0.15, 0.2) is 0 Å². The number of rotatable bonds is 10. The Hall–Kier alpha value is -0.0231. The van der Waals surface area contributed by atoms with Gasteiger partial charge in [-0.3, -0.25) is 4.90 Å². The van der Waals surface area contributed by atoms with Gasteiger partial charge in [0.1, 0.15) is 0 Å². The van der Waals surface area contributed by atoms with Crippen molar-refractivity contribution < 1.29 is 13.3 Å². The number of nitrogens with zero attached hydrogens (tertiary/aromatic N) is 1. The zero-order valence-corrected chi connectivity index (χ0v) is 14.7. The van der Waals surface area contributed by atoms with Crippen molar-refractivity contribution in [3.05, 3.63) is 0 Å². The Balaban J connectivity index is 0.000000361. The summed E-state index contributed by atoms with van der Waals surface area (Å²) in [5, 5.41) is 0. The molecule has 20 heavy (non-hydrogen) atoms. The molecular formula is C13H33N3O3Si. The molecule has 0 aromatic carbocycles. The average Bonchev–Trinajstić information content (AvgIpc) is 3.15. The van der Waals surface area contributed by atoms with Crippen molar-refractivity contribution in [2.45, 2.75) is 46.2 Å². The zero-order valence-electron chi connectivity index (χ0n) is 13.5. The molecule has 0 bridgehead atoms. The highest BCUT2D eigenvalue weighted by atomic mass is 28.3. The standard InChI is InChI=1S/C7H17N3.C6H16O3Si/c1-6-5-10(6)7(4-9)2-3-8;1-4-7-10(8-5-2)9-6-3/h6-7H,2-5,8-9H2,1H3;10H,4-6H2,1-3H3. The molecule has 1 saturated heterocycles. The van der Waals surface area contributed by atoms with Gasteiger partial charge in [0.05, 0.1) is 0 Å². The van der Waals surface area contributed by atoms with E-state index in [9.17, 15) is 0 Å². The lowest BCUT2D eigenvalue weighted by Gasteiger charge is -2.14. The summed E-state index contributed by atoms with van der Waals surface area (Å²) < 4.78 is 15.7. The molecule has 7 heteroatoms. The first-order valence-corrected chi connectivity index (χ1v) is 9.06. The van der Waals surface area contributed by atoms with Gasteiger partial charge < -0.3 is 24.7 Å². The minimum Gasteiger partial charge on any atom is -0.376 e. The third-order valence-corrected chi connectivity index (χ3v) is 4.87. The van der Waals surface area contributed by atoms with Crippen molar-refractivity contribution >= 4 is 9.53 Å². The van der Waals surface area contributed by atoms with Gasteiger partial charge in [0.2, 0.25) is 0 Å². The summed E-state index contributed by atoms with van der Waals surface area (Å²) in [4.78, 5) is 2.40. The van der Waals surface area contributed by atoms with Crippen LogP contribution in [0.2, 0.25) is 0 Å². The topological polar surface area (TPSA) is 82.7 Å². The van der Waals surface area contributed by atoms with E-state index in [0.717, 1.165) is 25.6 Å². The predicted molar refractivity (Wildman–Crippen MR) is 84.7 cm³/mol. The Morgan fingerprint density at radius 3 is 1.80 bits per heavy atom. The molecule has 0 aromatic heterocycles. The molecule has 1 aliphatic heterocycles. The van der Waals surface area contributed by atoms with Crippen molar-refractivity contribution in [1.82, 2.24) is 4.90 Å². The van der Waals surface area contributed by atoms with Gasteiger partial charge in [-0.2, -0.15) is 0 Å². The number of hydrogen-bond acceptors (Lipinski definition) is 6. The molecule has 3 atom stereocenters. The van der Waals surface area contributed by atoms with Gasteiger partial charge in [-0.15, -0.1) is 0 Å². The van der Waals surface area contributed by atoms with Crippen LogP contribution in [0.25, 0.3) is 0 Å². The molecule has 1 heterocycles. The van der Waals surface area contributed by atoms with E-state index in [1.165, 1.54) is 6.54 Å². The smallest absolute Gasteiger partial charge is 0.376 e. The summed E-state index contributed by atoms with van der Waals surface area (Å²) >= 11 is 0. The first-order chi connectivity index (χ1) is 9.64. The summed E-state index contributed by atoms with van der Waals surface area (Å²) in [5.41, 5.74) is 11.0. The fraction of sp³-hybridized carbons (Fsp3) is 1.00. The van der Waals surface area contributed by atoms with Gasteiger partial charge in [0.15, 0.2) is 0 Å². The van der Waals surface area contributed by atoms with E-state index in [2.05, 4.69) is 11.8 Å². The van der Waals surface area contributed by atoms with Crippen LogP contribution < -0.4 is 11.5 Å². The number of hydrogen-bond donors (Lipinski definition) is 2. The average molecular weight is 308 g/mol. The highest BCUT2D eigenvalue weighted by molar-refractivity contribution is 6.36. The van der Waals surface area contributed by atoms with Crippen molar-refractivity contribution in [2.24, 2.45) is 11.5 Å². The monoisotopic (exact) mass is 307 g/mol. The molecule has 0 aromatic rings. The maximum absolute atomic E-state index is 5.56. The van der Waals surface area contributed by atoms with E-state index < -0.39 is 9.53 Å². The van der Waals surface area contributed by atoms with E-state index in [-0.39, 0.29) is 0 Å². The normalized spacial score (nSPS) is 22.4. The Bertz CT molecular complexity index is 211. The predicted octanol–water partition coefficient (Wildman–Crippen LogP) is 0.180. The maximum Gasteiger partial charge on any atom is 0.484 e. The Labute approximate surface area is 125 Å². The van der Waals surface area contributed by atoms with Crippen molar-refractivity contribution in [2.75, 3.05) is 39.5 Å². The molecule has 4 N–H and O–H groups in total. The minimum absolute atomic E-state index is 0.542. The van der Waals surface area contributed by atoms with Gasteiger partial charge in [-0.05, 0) is 40.7 Å². The molecule has 0 aliphatic carbocycles. The lowest BCUT2D eigenvalue weighted by molar-refractivity contribution is 0.107. The summed E-state index contributed by atoms with van der Waals surface area (Å²) in [5.74, 6) is 0. The van der Waals surface area contributed by atoms with E-state index >= 15 is 0 Å². The van der Waals surface area contributed by atoms with Crippen LogP contribution in [0.4, 0.5) is 0 Å². The van der Waals surface area contributed by atoms with Crippen LogP contribution in [0.3, 0.4) is 0 Å². The molecule has 1 aliphatic rings. The first kappa shape index (κ1) is 20.0. The zero-order chi connectivity index (χ0) is 15.4. The van der Waals surface area contributed by atoms with E-state index in [0.29, 0.717) is 25.9 Å². The molecule has 0 saturated carbocycles. The van der Waals surface area contributed by atoms with E-state index in [1.54, 1.807) is 0 Å². The second-order valence-corrected chi connectivity index (χ2v) is 6.24.